The zero-order chi connectivity index (χ0) is 17.5. The van der Waals surface area contributed by atoms with Crippen LogP contribution in [-0.2, 0) is 4.79 Å². The number of pyridine rings is 1. The second kappa shape index (κ2) is 9.34. The number of amides is 1. The summed E-state index contributed by atoms with van der Waals surface area (Å²) in [6, 6.07) is 5.41. The van der Waals surface area contributed by atoms with Crippen LogP contribution in [0.4, 0.5) is 0 Å². The second-order valence-electron chi connectivity index (χ2n) is 6.86. The highest BCUT2D eigenvalue weighted by molar-refractivity contribution is 7.99. The third-order valence-corrected chi connectivity index (χ3v) is 5.96. The van der Waals surface area contributed by atoms with Gasteiger partial charge in [0.2, 0.25) is 5.91 Å². The maximum absolute atomic E-state index is 12.6. The molecule has 6 heteroatoms. The predicted molar refractivity (Wildman–Crippen MR) is 101 cm³/mol. The molecule has 0 bridgehead atoms. The van der Waals surface area contributed by atoms with Gasteiger partial charge in [0.15, 0.2) is 5.78 Å². The fraction of sp³-hybridized carbons (Fsp3) is 0.632. The van der Waals surface area contributed by atoms with E-state index < -0.39 is 0 Å². The number of hydrogen-bond acceptors (Lipinski definition) is 5. The van der Waals surface area contributed by atoms with E-state index in [1.807, 2.05) is 17.0 Å². The number of aromatic nitrogens is 1. The molecule has 2 aliphatic rings. The van der Waals surface area contributed by atoms with E-state index in [1.54, 1.807) is 24.0 Å². The minimum absolute atomic E-state index is 0.0692. The molecule has 0 saturated carbocycles. The van der Waals surface area contributed by atoms with Crippen LogP contribution in [0.5, 0.6) is 0 Å². The zero-order valence-electron chi connectivity index (χ0n) is 14.7. The first-order valence-electron chi connectivity index (χ1n) is 9.27. The van der Waals surface area contributed by atoms with Crippen molar-refractivity contribution in [2.75, 3.05) is 44.2 Å². The van der Waals surface area contributed by atoms with Gasteiger partial charge in [-0.1, -0.05) is 6.07 Å². The minimum atomic E-state index is -0.109. The van der Waals surface area contributed by atoms with Crippen LogP contribution in [0.15, 0.2) is 24.4 Å². The summed E-state index contributed by atoms with van der Waals surface area (Å²) in [5, 5.41) is 0. The number of likely N-dealkylation sites (tertiary alicyclic amines) is 2. The van der Waals surface area contributed by atoms with Gasteiger partial charge in [0, 0.05) is 37.5 Å². The molecule has 0 aromatic carbocycles. The largest absolute Gasteiger partial charge is 0.341 e. The molecule has 1 amide bonds. The zero-order valence-corrected chi connectivity index (χ0v) is 15.5. The number of nitrogens with zero attached hydrogens (tertiary/aromatic N) is 3. The molecule has 2 fully saturated rings. The molecule has 0 radical (unpaired) electrons. The highest BCUT2D eigenvalue weighted by Crippen LogP contribution is 2.21. The fourth-order valence-electron chi connectivity index (χ4n) is 3.59. The van der Waals surface area contributed by atoms with Gasteiger partial charge in [0.25, 0.3) is 0 Å². The molecule has 0 aliphatic carbocycles. The monoisotopic (exact) mass is 361 g/mol. The number of rotatable bonds is 7. The summed E-state index contributed by atoms with van der Waals surface area (Å²) in [6.45, 7) is 4.81. The van der Waals surface area contributed by atoms with E-state index in [2.05, 4.69) is 9.88 Å². The van der Waals surface area contributed by atoms with Gasteiger partial charge < -0.3 is 9.80 Å². The van der Waals surface area contributed by atoms with Crippen molar-refractivity contribution >= 4 is 23.5 Å². The first-order valence-corrected chi connectivity index (χ1v) is 10.4. The molecule has 3 heterocycles. The minimum Gasteiger partial charge on any atom is -0.341 e. The summed E-state index contributed by atoms with van der Waals surface area (Å²) < 4.78 is 0. The summed E-state index contributed by atoms with van der Waals surface area (Å²) in [7, 11) is 0. The molecule has 1 aromatic heterocycles. The number of hydrogen-bond donors (Lipinski definition) is 0. The number of carbonyl (C=O) groups excluding carboxylic acids is 2. The summed E-state index contributed by atoms with van der Waals surface area (Å²) in [5.41, 5.74) is 0.516. The highest BCUT2D eigenvalue weighted by Gasteiger charge is 2.29. The molecule has 136 valence electrons. The smallest absolute Gasteiger partial charge is 0.232 e. The van der Waals surface area contributed by atoms with Gasteiger partial charge in [-0.25, -0.2) is 0 Å². The molecule has 5 nitrogen and oxygen atoms in total. The van der Waals surface area contributed by atoms with Crippen LogP contribution < -0.4 is 0 Å². The molecule has 2 saturated heterocycles. The average molecular weight is 362 g/mol. The number of Topliss-reactive ketones (excluding diaryl/α,β-unsaturated/α-hetero) is 1. The molecular formula is C19H27N3O2S. The van der Waals surface area contributed by atoms with Crippen LogP contribution >= 0.6 is 11.8 Å². The van der Waals surface area contributed by atoms with E-state index in [0.29, 0.717) is 18.0 Å². The Morgan fingerprint density at radius 1 is 1.16 bits per heavy atom. The Kier molecular flexibility index (Phi) is 6.87. The molecule has 0 N–H and O–H groups in total. The topological polar surface area (TPSA) is 53.5 Å². The second-order valence-corrected chi connectivity index (χ2v) is 7.96. The molecular weight excluding hydrogens is 334 g/mol. The normalized spacial score (nSPS) is 21.4. The Hall–Kier alpha value is -1.40. The first-order chi connectivity index (χ1) is 12.2. The number of carbonyl (C=O) groups is 2. The number of ketones is 1. The SMILES string of the molecule is O=C(c1ccccn1)C1CCCN(C(=O)CSCCN2CCCC2)C1. The van der Waals surface area contributed by atoms with E-state index >= 15 is 0 Å². The molecule has 1 aromatic rings. The van der Waals surface area contributed by atoms with Crippen molar-refractivity contribution in [1.82, 2.24) is 14.8 Å². The Balaban J connectivity index is 1.42. The van der Waals surface area contributed by atoms with Crippen LogP contribution in [0.3, 0.4) is 0 Å². The Bertz CT molecular complexity index is 575. The number of piperidine rings is 1. The van der Waals surface area contributed by atoms with Crippen molar-refractivity contribution in [1.29, 1.82) is 0 Å². The van der Waals surface area contributed by atoms with Crippen LogP contribution in [0.25, 0.3) is 0 Å². The maximum Gasteiger partial charge on any atom is 0.232 e. The lowest BCUT2D eigenvalue weighted by Gasteiger charge is -2.32. The third-order valence-electron chi connectivity index (χ3n) is 5.04. The molecule has 25 heavy (non-hydrogen) atoms. The van der Waals surface area contributed by atoms with Gasteiger partial charge in [0.1, 0.15) is 5.69 Å². The number of thioether (sulfide) groups is 1. The van der Waals surface area contributed by atoms with E-state index in [4.69, 9.17) is 0 Å². The van der Waals surface area contributed by atoms with E-state index in [0.717, 1.165) is 31.7 Å². The lowest BCUT2D eigenvalue weighted by Crippen LogP contribution is -2.43. The first kappa shape index (κ1) is 18.4. The average Bonchev–Trinajstić information content (AvgIpc) is 3.19. The Labute approximate surface area is 154 Å². The molecule has 1 unspecified atom stereocenters. The van der Waals surface area contributed by atoms with Crippen molar-refractivity contribution in [3.05, 3.63) is 30.1 Å². The van der Waals surface area contributed by atoms with Crippen molar-refractivity contribution in [2.45, 2.75) is 25.7 Å². The molecule has 1 atom stereocenters. The maximum atomic E-state index is 12.6. The van der Waals surface area contributed by atoms with Gasteiger partial charge in [-0.05, 0) is 50.9 Å². The summed E-state index contributed by atoms with van der Waals surface area (Å²) in [6.07, 6.45) is 6.01. The molecule has 0 spiro atoms. The predicted octanol–water partition coefficient (Wildman–Crippen LogP) is 2.33. The van der Waals surface area contributed by atoms with Gasteiger partial charge in [0.05, 0.1) is 5.75 Å². The molecule has 3 rings (SSSR count). The highest BCUT2D eigenvalue weighted by atomic mass is 32.2. The lowest BCUT2D eigenvalue weighted by atomic mass is 9.92. The van der Waals surface area contributed by atoms with Gasteiger partial charge >= 0.3 is 0 Å². The van der Waals surface area contributed by atoms with Crippen molar-refractivity contribution in [2.24, 2.45) is 5.92 Å². The van der Waals surface area contributed by atoms with Gasteiger partial charge in [-0.2, -0.15) is 11.8 Å². The van der Waals surface area contributed by atoms with Crippen molar-refractivity contribution < 1.29 is 9.59 Å². The van der Waals surface area contributed by atoms with Gasteiger partial charge in [-0.3, -0.25) is 14.6 Å². The van der Waals surface area contributed by atoms with Crippen LogP contribution in [-0.4, -0.2) is 70.7 Å². The lowest BCUT2D eigenvalue weighted by molar-refractivity contribution is -0.129. The Morgan fingerprint density at radius 3 is 2.76 bits per heavy atom. The van der Waals surface area contributed by atoms with Crippen LogP contribution in [0.1, 0.15) is 36.2 Å². The Morgan fingerprint density at radius 2 is 2.00 bits per heavy atom. The van der Waals surface area contributed by atoms with Crippen LogP contribution in [0, 0.1) is 5.92 Å². The summed E-state index contributed by atoms with van der Waals surface area (Å²) in [4.78, 5) is 33.5. The quantitative estimate of drug-likeness (QED) is 0.551. The molecule has 2 aliphatic heterocycles. The van der Waals surface area contributed by atoms with E-state index in [-0.39, 0.29) is 17.6 Å². The summed E-state index contributed by atoms with van der Waals surface area (Å²) >= 11 is 1.72. The van der Waals surface area contributed by atoms with Crippen molar-refractivity contribution in [3.8, 4) is 0 Å². The van der Waals surface area contributed by atoms with Gasteiger partial charge in [-0.15, -0.1) is 0 Å². The van der Waals surface area contributed by atoms with Crippen LogP contribution in [0.2, 0.25) is 0 Å². The fourth-order valence-corrected chi connectivity index (χ4v) is 4.47. The third kappa shape index (κ3) is 5.28. The standard InChI is InChI=1S/C19H27N3O2S/c23-18(15-25-13-12-21-9-3-4-10-21)22-11-5-6-16(14-22)19(24)17-7-1-2-8-20-17/h1-2,7-8,16H,3-6,9-15H2. The van der Waals surface area contributed by atoms with Crippen molar-refractivity contribution in [3.63, 3.8) is 0 Å². The van der Waals surface area contributed by atoms with E-state index in [9.17, 15) is 9.59 Å². The van der Waals surface area contributed by atoms with E-state index in [1.165, 1.54) is 25.9 Å². The summed E-state index contributed by atoms with van der Waals surface area (Å²) in [5.74, 6) is 1.67.